The number of nitrogens with one attached hydrogen (secondary N) is 1. The summed E-state index contributed by atoms with van der Waals surface area (Å²) in [7, 11) is 2.22. The number of likely N-dealkylation sites (N-methyl/N-ethyl adjacent to an activating group) is 1. The molecule has 2 fully saturated rings. The van der Waals surface area contributed by atoms with Crippen LogP contribution >= 0.6 is 0 Å². The van der Waals surface area contributed by atoms with Gasteiger partial charge in [0.15, 0.2) is 0 Å². The largest absolute Gasteiger partial charge is 0.487 e. The molecule has 4 nitrogen and oxygen atoms in total. The molecule has 0 bridgehead atoms. The van der Waals surface area contributed by atoms with E-state index in [0.29, 0.717) is 12.0 Å². The second-order valence-electron chi connectivity index (χ2n) is 8.55. The molecule has 3 aliphatic rings. The lowest BCUT2D eigenvalue weighted by Crippen LogP contribution is -2.50. The van der Waals surface area contributed by atoms with E-state index < -0.39 is 0 Å². The predicted octanol–water partition coefficient (Wildman–Crippen LogP) is 2.91. The van der Waals surface area contributed by atoms with Crippen molar-refractivity contribution < 1.29 is 4.74 Å². The molecule has 1 aliphatic carbocycles. The van der Waals surface area contributed by atoms with E-state index >= 15 is 0 Å². The molecule has 4 heteroatoms. The Hall–Kier alpha value is -1.10. The maximum atomic E-state index is 6.37. The summed E-state index contributed by atoms with van der Waals surface area (Å²) in [5.74, 6) is 1.79. The van der Waals surface area contributed by atoms with Crippen LogP contribution in [0.2, 0.25) is 0 Å². The smallest absolute Gasteiger partial charge is 0.124 e. The van der Waals surface area contributed by atoms with Gasteiger partial charge in [-0.1, -0.05) is 25.1 Å². The molecule has 1 saturated heterocycles. The Balaban J connectivity index is 1.34. The van der Waals surface area contributed by atoms with Gasteiger partial charge in [-0.3, -0.25) is 0 Å². The molecule has 2 heterocycles. The maximum Gasteiger partial charge on any atom is 0.124 e. The first-order chi connectivity index (χ1) is 12.1. The molecule has 2 aliphatic heterocycles. The van der Waals surface area contributed by atoms with Gasteiger partial charge in [-0.15, -0.1) is 0 Å². The van der Waals surface area contributed by atoms with E-state index in [2.05, 4.69) is 53.4 Å². The fraction of sp³-hybridized carbons (Fsp3) is 0.714. The SMILES string of the molecule is CC(CNC1CC2(CCC2)Oc2ccccc21)CN1CCN(C)CC1. The van der Waals surface area contributed by atoms with Gasteiger partial charge in [0, 0.05) is 50.7 Å². The second-order valence-corrected chi connectivity index (χ2v) is 8.55. The third-order valence-electron chi connectivity index (χ3n) is 6.34. The van der Waals surface area contributed by atoms with Crippen molar-refractivity contribution in [1.82, 2.24) is 15.1 Å². The lowest BCUT2D eigenvalue weighted by Gasteiger charge is -2.48. The molecule has 25 heavy (non-hydrogen) atoms. The van der Waals surface area contributed by atoms with Crippen LogP contribution in [0, 0.1) is 5.92 Å². The van der Waals surface area contributed by atoms with Crippen LogP contribution in [-0.2, 0) is 0 Å². The van der Waals surface area contributed by atoms with Crippen LogP contribution in [0.15, 0.2) is 24.3 Å². The third-order valence-corrected chi connectivity index (χ3v) is 6.34. The van der Waals surface area contributed by atoms with E-state index in [1.165, 1.54) is 57.5 Å². The summed E-state index contributed by atoms with van der Waals surface area (Å²) in [4.78, 5) is 5.05. The summed E-state index contributed by atoms with van der Waals surface area (Å²) in [5, 5.41) is 3.88. The Labute approximate surface area is 152 Å². The van der Waals surface area contributed by atoms with Crippen LogP contribution < -0.4 is 10.1 Å². The molecule has 0 aromatic heterocycles. The van der Waals surface area contributed by atoms with Crippen molar-refractivity contribution in [2.24, 2.45) is 5.92 Å². The highest BCUT2D eigenvalue weighted by atomic mass is 16.5. The molecule has 2 atom stereocenters. The third kappa shape index (κ3) is 3.86. The average molecular weight is 344 g/mol. The molecular weight excluding hydrogens is 310 g/mol. The molecular formula is C21H33N3O. The number of fused-ring (bicyclic) bond motifs is 1. The monoisotopic (exact) mass is 343 g/mol. The van der Waals surface area contributed by atoms with Gasteiger partial charge >= 0.3 is 0 Å². The van der Waals surface area contributed by atoms with Gasteiger partial charge in [-0.05, 0) is 44.8 Å². The highest BCUT2D eigenvalue weighted by Gasteiger charge is 2.45. The number of piperazine rings is 1. The number of hydrogen-bond acceptors (Lipinski definition) is 4. The molecule has 1 saturated carbocycles. The minimum atomic E-state index is 0.118. The van der Waals surface area contributed by atoms with Crippen molar-refractivity contribution in [3.05, 3.63) is 29.8 Å². The second kappa shape index (κ2) is 7.26. The van der Waals surface area contributed by atoms with Gasteiger partial charge < -0.3 is 19.9 Å². The Morgan fingerprint density at radius 3 is 2.68 bits per heavy atom. The van der Waals surface area contributed by atoms with Gasteiger partial charge in [0.05, 0.1) is 0 Å². The number of nitrogens with zero attached hydrogens (tertiary/aromatic N) is 2. The first kappa shape index (κ1) is 17.3. The fourth-order valence-electron chi connectivity index (χ4n) is 4.56. The molecule has 138 valence electrons. The van der Waals surface area contributed by atoms with E-state index in [9.17, 15) is 0 Å². The molecule has 1 aromatic rings. The van der Waals surface area contributed by atoms with Crippen molar-refractivity contribution in [2.45, 2.75) is 44.2 Å². The van der Waals surface area contributed by atoms with E-state index in [1.54, 1.807) is 0 Å². The van der Waals surface area contributed by atoms with E-state index in [0.717, 1.165) is 18.7 Å². The molecule has 1 aromatic carbocycles. The highest BCUT2D eigenvalue weighted by Crippen LogP contribution is 2.48. The topological polar surface area (TPSA) is 27.7 Å². The van der Waals surface area contributed by atoms with Gasteiger partial charge in [-0.2, -0.15) is 0 Å². The summed E-state index contributed by atoms with van der Waals surface area (Å²) >= 11 is 0. The van der Waals surface area contributed by atoms with Crippen LogP contribution in [0.25, 0.3) is 0 Å². The van der Waals surface area contributed by atoms with Crippen LogP contribution in [0.3, 0.4) is 0 Å². The first-order valence-corrected chi connectivity index (χ1v) is 10.1. The Kier molecular flexibility index (Phi) is 5.03. The Morgan fingerprint density at radius 2 is 1.96 bits per heavy atom. The van der Waals surface area contributed by atoms with Crippen molar-refractivity contribution in [2.75, 3.05) is 46.3 Å². The summed E-state index contributed by atoms with van der Waals surface area (Å²) < 4.78 is 6.37. The predicted molar refractivity (Wildman–Crippen MR) is 102 cm³/mol. The average Bonchev–Trinajstić information content (AvgIpc) is 2.60. The number of hydrogen-bond donors (Lipinski definition) is 1. The van der Waals surface area contributed by atoms with Gasteiger partial charge in [0.2, 0.25) is 0 Å². The molecule has 0 amide bonds. The summed E-state index contributed by atoms with van der Waals surface area (Å²) in [6.45, 7) is 9.51. The zero-order valence-corrected chi connectivity index (χ0v) is 15.8. The number of ether oxygens (including phenoxy) is 1. The van der Waals surface area contributed by atoms with Gasteiger partial charge in [-0.25, -0.2) is 0 Å². The van der Waals surface area contributed by atoms with Gasteiger partial charge in [0.25, 0.3) is 0 Å². The van der Waals surface area contributed by atoms with Crippen molar-refractivity contribution in [3.63, 3.8) is 0 Å². The molecule has 1 spiro atoms. The number of benzene rings is 1. The molecule has 4 rings (SSSR count). The van der Waals surface area contributed by atoms with Gasteiger partial charge in [0.1, 0.15) is 11.4 Å². The first-order valence-electron chi connectivity index (χ1n) is 10.1. The zero-order chi connectivity index (χ0) is 17.3. The maximum absolute atomic E-state index is 6.37. The van der Waals surface area contributed by atoms with E-state index in [4.69, 9.17) is 4.74 Å². The number of para-hydroxylation sites is 1. The van der Waals surface area contributed by atoms with Crippen LogP contribution in [0.1, 0.15) is 44.2 Å². The summed E-state index contributed by atoms with van der Waals surface area (Å²) in [6, 6.07) is 9.08. The lowest BCUT2D eigenvalue weighted by molar-refractivity contribution is -0.0372. The van der Waals surface area contributed by atoms with Crippen LogP contribution in [0.4, 0.5) is 0 Å². The lowest BCUT2D eigenvalue weighted by atomic mass is 9.73. The minimum Gasteiger partial charge on any atom is -0.487 e. The molecule has 1 N–H and O–H groups in total. The standard InChI is InChI=1S/C21H33N3O/c1-17(16-24-12-10-23(2)11-13-24)15-22-19-14-21(8-5-9-21)25-20-7-4-3-6-18(19)20/h3-4,6-7,17,19,22H,5,8-16H2,1-2H3. The Morgan fingerprint density at radius 1 is 1.20 bits per heavy atom. The minimum absolute atomic E-state index is 0.118. The van der Waals surface area contributed by atoms with Crippen LogP contribution in [-0.4, -0.2) is 61.7 Å². The summed E-state index contributed by atoms with van der Waals surface area (Å²) in [6.07, 6.45) is 4.88. The van der Waals surface area contributed by atoms with Crippen LogP contribution in [0.5, 0.6) is 5.75 Å². The van der Waals surface area contributed by atoms with E-state index in [1.807, 2.05) is 0 Å². The fourth-order valence-corrected chi connectivity index (χ4v) is 4.56. The van der Waals surface area contributed by atoms with Crippen molar-refractivity contribution in [3.8, 4) is 5.75 Å². The molecule has 2 unspecified atom stereocenters. The molecule has 0 radical (unpaired) electrons. The van der Waals surface area contributed by atoms with E-state index in [-0.39, 0.29) is 5.60 Å². The van der Waals surface area contributed by atoms with Crippen molar-refractivity contribution >= 4 is 0 Å². The highest BCUT2D eigenvalue weighted by molar-refractivity contribution is 5.39. The quantitative estimate of drug-likeness (QED) is 0.890. The Bertz CT molecular complexity index is 578. The van der Waals surface area contributed by atoms with Crippen molar-refractivity contribution in [1.29, 1.82) is 0 Å². The zero-order valence-electron chi connectivity index (χ0n) is 15.8. The normalized spacial score (nSPS) is 27.4. The summed E-state index contributed by atoms with van der Waals surface area (Å²) in [5.41, 5.74) is 1.47. The number of rotatable bonds is 5.